The number of aryl methyl sites for hydroxylation is 3. The fourth-order valence-corrected chi connectivity index (χ4v) is 11.4. The molecule has 2 saturated heterocycles. The highest BCUT2D eigenvalue weighted by Crippen LogP contribution is 2.33. The van der Waals surface area contributed by atoms with Crippen LogP contribution in [0.25, 0.3) is 66.9 Å². The van der Waals surface area contributed by atoms with Gasteiger partial charge in [0.15, 0.2) is 16.1 Å². The maximum absolute atomic E-state index is 13.6. The topological polar surface area (TPSA) is 280 Å². The second kappa shape index (κ2) is 38.0. The van der Waals surface area contributed by atoms with E-state index < -0.39 is 5.24 Å². The van der Waals surface area contributed by atoms with Crippen molar-refractivity contribution in [3.05, 3.63) is 226 Å². The van der Waals surface area contributed by atoms with Crippen LogP contribution < -0.4 is 26.6 Å². The second-order valence-corrected chi connectivity index (χ2v) is 24.3. The summed E-state index contributed by atoms with van der Waals surface area (Å²) in [5.41, 5.74) is 17.1. The van der Waals surface area contributed by atoms with Gasteiger partial charge in [-0.15, -0.1) is 12.4 Å². The molecule has 20 nitrogen and oxygen atoms in total. The van der Waals surface area contributed by atoms with Gasteiger partial charge in [0.25, 0.3) is 17.1 Å². The predicted molar refractivity (Wildman–Crippen MR) is 389 cm³/mol. The van der Waals surface area contributed by atoms with Crippen molar-refractivity contribution in [2.75, 3.05) is 50.7 Å². The molecule has 12 aromatic rings. The number of piperidine rings is 2. The minimum absolute atomic E-state index is 0. The molecule has 0 unspecified atom stereocenters. The SMILES string of the molecule is C1CCNCC1.Cl.NCCCc1cnc[nH]1.O=C(Cl)c1ccc2nc(Cl)c(-c3ccc(F)cc3)nc2c1.O=C(NCCCc1cnc[nH]1)c1ccc2nc(Cl)c(-c3ccc(F)cc3)nc2c1.O=C(NCCCc1cnc[nH]1)c1ccc2nc(N3CCCCC3)c(-c3ccc(F)cc3)nc2c1. The van der Waals surface area contributed by atoms with Crippen LogP contribution in [0.3, 0.4) is 0 Å². The third kappa shape index (κ3) is 21.6. The van der Waals surface area contributed by atoms with Crippen LogP contribution in [-0.4, -0.2) is 123 Å². The van der Waals surface area contributed by atoms with Gasteiger partial charge in [-0.3, -0.25) is 14.4 Å². The van der Waals surface area contributed by atoms with E-state index in [1.807, 2.05) is 12.3 Å². The molecule has 2 aliphatic rings. The van der Waals surface area contributed by atoms with E-state index in [4.69, 9.17) is 50.5 Å². The first-order chi connectivity index (χ1) is 48.2. The minimum atomic E-state index is -0.572. The highest BCUT2D eigenvalue weighted by atomic mass is 35.5. The molecule has 0 bridgehead atoms. The van der Waals surface area contributed by atoms with E-state index >= 15 is 0 Å². The van der Waals surface area contributed by atoms with E-state index in [1.54, 1.807) is 116 Å². The van der Waals surface area contributed by atoms with Gasteiger partial charge >= 0.3 is 0 Å². The number of rotatable bonds is 18. The number of nitrogens with zero attached hydrogens (tertiary/aromatic N) is 10. The summed E-state index contributed by atoms with van der Waals surface area (Å²) in [6, 6.07) is 33.2. The van der Waals surface area contributed by atoms with E-state index in [9.17, 15) is 27.6 Å². The van der Waals surface area contributed by atoms with E-state index in [2.05, 4.69) is 70.7 Å². The van der Waals surface area contributed by atoms with Gasteiger partial charge in [0, 0.05) is 95.2 Å². The van der Waals surface area contributed by atoms with E-state index in [-0.39, 0.29) is 52.0 Å². The number of nitrogens with one attached hydrogen (secondary N) is 6. The van der Waals surface area contributed by atoms with Crippen LogP contribution in [-0.2, 0) is 19.3 Å². The molecule has 27 heteroatoms. The van der Waals surface area contributed by atoms with Crippen molar-refractivity contribution in [3.8, 4) is 33.8 Å². The fourth-order valence-electron chi connectivity index (χ4n) is 10.7. The Morgan fingerprint density at radius 2 is 0.840 bits per heavy atom. The normalized spacial score (nSPS) is 12.5. The van der Waals surface area contributed by atoms with Crippen molar-refractivity contribution in [3.63, 3.8) is 0 Å². The summed E-state index contributed by atoms with van der Waals surface area (Å²) < 4.78 is 39.7. The van der Waals surface area contributed by atoms with Crippen LogP contribution in [0, 0.1) is 17.5 Å². The Hall–Kier alpha value is -9.75. The molecule has 0 atom stereocenters. The van der Waals surface area contributed by atoms with E-state index in [0.29, 0.717) is 85.6 Å². The lowest BCUT2D eigenvalue weighted by atomic mass is 10.1. The van der Waals surface area contributed by atoms with Crippen molar-refractivity contribution in [1.82, 2.24) is 75.8 Å². The molecule has 2 aliphatic heterocycles. The molecule has 0 radical (unpaired) electrons. The summed E-state index contributed by atoms with van der Waals surface area (Å²) in [6.45, 7) is 6.21. The van der Waals surface area contributed by atoms with Crippen molar-refractivity contribution < 1.29 is 27.6 Å². The summed E-state index contributed by atoms with van der Waals surface area (Å²) in [5, 5.41) is 9.01. The van der Waals surface area contributed by atoms with Gasteiger partial charge in [-0.2, -0.15) is 0 Å². The molecule has 100 heavy (non-hydrogen) atoms. The van der Waals surface area contributed by atoms with Crippen LogP contribution in [0.15, 0.2) is 165 Å². The first-order valence-electron chi connectivity index (χ1n) is 32.6. The van der Waals surface area contributed by atoms with Gasteiger partial charge in [-0.05, 0) is 229 Å². The second-order valence-electron chi connectivity index (χ2n) is 23.2. The van der Waals surface area contributed by atoms with Gasteiger partial charge in [0.05, 0.1) is 52.1 Å². The fraction of sp³-hybridized carbons (Fsp3) is 0.260. The van der Waals surface area contributed by atoms with Crippen molar-refractivity contribution in [2.45, 2.75) is 77.0 Å². The lowest BCUT2D eigenvalue weighted by molar-refractivity contribution is 0.0945. The molecule has 2 amide bonds. The Balaban J connectivity index is 0.000000160. The van der Waals surface area contributed by atoms with Crippen molar-refractivity contribution in [2.24, 2.45) is 5.73 Å². The average molecular weight is 1440 g/mol. The number of benzene rings is 6. The number of carbonyl (C=O) groups excluding carboxylic acids is 3. The molecule has 8 heterocycles. The maximum atomic E-state index is 13.6. The van der Waals surface area contributed by atoms with Crippen LogP contribution in [0.5, 0.6) is 0 Å². The van der Waals surface area contributed by atoms with E-state index in [1.165, 1.54) is 80.9 Å². The molecular formula is C73H74Cl4F3N17O3. The molecule has 6 aromatic carbocycles. The molecular weight excluding hydrogens is 1360 g/mol. The third-order valence-corrected chi connectivity index (χ3v) is 16.7. The maximum Gasteiger partial charge on any atom is 0.252 e. The number of H-pyrrole nitrogens is 3. The summed E-state index contributed by atoms with van der Waals surface area (Å²) in [5.74, 6) is -0.490. The summed E-state index contributed by atoms with van der Waals surface area (Å²) in [6.07, 6.45) is 23.3. The smallest absolute Gasteiger partial charge is 0.252 e. The highest BCUT2D eigenvalue weighted by Gasteiger charge is 2.21. The standard InChI is InChI=1S/C26H27FN6O.C21H17ClFN5O.C15H7Cl2FN2O.C6H11N3.C5H11N.ClH/c27-20-9-6-18(7-10-20)24-25(33-13-2-1-3-14-33)32-22-11-8-19(15-23(22)31-24)26(34)29-12-4-5-21-16-28-17-30-21;22-20-19(13-3-6-15(23)7-4-13)27-18-10-14(5-8-17(18)28-20)21(29)25-9-1-2-16-11-24-12-26-16;16-14-13(8-1-4-10(18)5-2-8)19-12-7-9(15(17)21)3-6-11(12)20-14;7-3-1-2-6-4-8-5-9-6;1-2-4-6-5-3-1;/h6-11,15-17H,1-5,12-14H2,(H,28,30)(H,29,34);3-8,10-12H,1-2,9H2,(H,24,26)(H,25,29);1-7H;4-5H,1-3,7H2,(H,8,9);6H,1-5H2;1H. The van der Waals surface area contributed by atoms with Crippen LogP contribution in [0.4, 0.5) is 19.0 Å². The first-order valence-corrected chi connectivity index (χ1v) is 33.8. The lowest BCUT2D eigenvalue weighted by Crippen LogP contribution is -2.31. The lowest BCUT2D eigenvalue weighted by Gasteiger charge is -2.29. The summed E-state index contributed by atoms with van der Waals surface area (Å²) in [4.78, 5) is 86.9. The molecule has 14 rings (SSSR count). The number of imidazole rings is 3. The number of anilines is 1. The number of amides is 2. The Morgan fingerprint density at radius 1 is 0.460 bits per heavy atom. The number of fused-ring (bicyclic) bond motifs is 3. The first kappa shape index (κ1) is 74.5. The summed E-state index contributed by atoms with van der Waals surface area (Å²) >= 11 is 17.8. The number of aromatic amines is 3. The molecule has 6 aromatic heterocycles. The van der Waals surface area contributed by atoms with Gasteiger partial charge in [0.2, 0.25) is 0 Å². The Kier molecular flexibility index (Phi) is 28.3. The van der Waals surface area contributed by atoms with Crippen LogP contribution >= 0.6 is 47.2 Å². The molecule has 8 N–H and O–H groups in total. The molecule has 518 valence electrons. The Labute approximate surface area is 596 Å². The number of carbonyl (C=O) groups is 3. The zero-order chi connectivity index (χ0) is 69.3. The summed E-state index contributed by atoms with van der Waals surface area (Å²) in [7, 11) is 0. The monoisotopic (exact) mass is 1430 g/mol. The number of hydrogen-bond donors (Lipinski definition) is 7. The van der Waals surface area contributed by atoms with Crippen molar-refractivity contribution in [1.29, 1.82) is 0 Å². The predicted octanol–water partition coefficient (Wildman–Crippen LogP) is 14.6. The zero-order valence-electron chi connectivity index (χ0n) is 54.5. The quantitative estimate of drug-likeness (QED) is 0.0311. The molecule has 2 fully saturated rings. The van der Waals surface area contributed by atoms with Crippen LogP contribution in [0.2, 0.25) is 10.3 Å². The largest absolute Gasteiger partial charge is 0.355 e. The van der Waals surface area contributed by atoms with Gasteiger partial charge < -0.3 is 41.5 Å². The Bertz CT molecular complexity index is 4560. The molecule has 0 aliphatic carbocycles. The van der Waals surface area contributed by atoms with Crippen molar-refractivity contribution >= 4 is 103 Å². The van der Waals surface area contributed by atoms with Gasteiger partial charge in [0.1, 0.15) is 34.5 Å². The number of hydrogen-bond acceptors (Lipinski definition) is 15. The average Bonchev–Trinajstić information content (AvgIpc) is 1.05. The van der Waals surface area contributed by atoms with E-state index in [0.717, 1.165) is 99.3 Å². The zero-order valence-corrected chi connectivity index (χ0v) is 57.6. The number of nitrogens with two attached hydrogens (primary N) is 1. The van der Waals surface area contributed by atoms with Gasteiger partial charge in [-0.25, -0.2) is 58.0 Å². The minimum Gasteiger partial charge on any atom is -0.355 e. The third-order valence-electron chi connectivity index (χ3n) is 16.0. The molecule has 0 spiro atoms. The molecule has 0 saturated carbocycles. The number of aromatic nitrogens is 12. The van der Waals surface area contributed by atoms with Gasteiger partial charge in [-0.1, -0.05) is 29.6 Å². The Morgan fingerprint density at radius 3 is 1.22 bits per heavy atom. The van der Waals surface area contributed by atoms with Crippen LogP contribution in [0.1, 0.15) is 106 Å². The number of halogens is 7. The highest BCUT2D eigenvalue weighted by molar-refractivity contribution is 6.67.